The molecule has 0 atom stereocenters. The lowest BCUT2D eigenvalue weighted by atomic mass is 10.1. The molecule has 0 spiro atoms. The van der Waals surface area contributed by atoms with Crippen LogP contribution in [0.1, 0.15) is 17.0 Å². The Morgan fingerprint density at radius 3 is 2.35 bits per heavy atom. The lowest BCUT2D eigenvalue weighted by Gasteiger charge is -2.26. The molecule has 1 aliphatic heterocycles. The maximum absolute atomic E-state index is 13.1. The van der Waals surface area contributed by atoms with Gasteiger partial charge in [-0.25, -0.2) is 9.69 Å². The van der Waals surface area contributed by atoms with Crippen molar-refractivity contribution in [1.82, 2.24) is 9.88 Å². The molecule has 3 aromatic rings. The van der Waals surface area contributed by atoms with Crippen LogP contribution in [0, 0.1) is 13.8 Å². The Kier molecular flexibility index (Phi) is 5.56. The van der Waals surface area contributed by atoms with Gasteiger partial charge in [0.05, 0.1) is 5.69 Å². The van der Waals surface area contributed by atoms with Gasteiger partial charge in [0, 0.05) is 26.6 Å². The molecule has 1 N–H and O–H groups in total. The van der Waals surface area contributed by atoms with Crippen LogP contribution < -0.4 is 10.2 Å². The van der Waals surface area contributed by atoms with Crippen molar-refractivity contribution < 1.29 is 14.4 Å². The van der Waals surface area contributed by atoms with Gasteiger partial charge < -0.3 is 4.57 Å². The number of carbonyl (C=O) groups excluding carboxylic acids is 3. The molecular formula is C23H17BrClN3O3. The van der Waals surface area contributed by atoms with Crippen LogP contribution in [0.3, 0.4) is 0 Å². The average Bonchev–Trinajstić information content (AvgIpc) is 2.99. The number of aromatic nitrogens is 1. The zero-order valence-corrected chi connectivity index (χ0v) is 19.0. The van der Waals surface area contributed by atoms with E-state index in [0.717, 1.165) is 26.4 Å². The minimum atomic E-state index is -0.810. The fourth-order valence-electron chi connectivity index (χ4n) is 3.58. The molecule has 0 saturated carbocycles. The van der Waals surface area contributed by atoms with Crippen LogP contribution in [-0.4, -0.2) is 22.4 Å². The van der Waals surface area contributed by atoms with Gasteiger partial charge in [-0.2, -0.15) is 0 Å². The van der Waals surface area contributed by atoms with E-state index < -0.39 is 17.8 Å². The average molecular weight is 499 g/mol. The standard InChI is InChI=1S/C23H17BrClN3O3/c1-13-10-15(14(2)27(13)18-8-6-16(24)7-9-18)11-20-21(29)26-23(31)28(22(20)30)19-5-3-4-17(25)12-19/h3-12H,1-2H3,(H,26,29,31)/b20-11+. The second kappa shape index (κ2) is 8.17. The van der Waals surface area contributed by atoms with Crippen molar-refractivity contribution in [3.8, 4) is 5.69 Å². The number of barbiturate groups is 1. The van der Waals surface area contributed by atoms with Crippen LogP contribution >= 0.6 is 27.5 Å². The van der Waals surface area contributed by atoms with E-state index in [0.29, 0.717) is 10.6 Å². The van der Waals surface area contributed by atoms with Crippen molar-refractivity contribution in [1.29, 1.82) is 0 Å². The second-order valence-electron chi connectivity index (χ2n) is 7.08. The quantitative estimate of drug-likeness (QED) is 0.400. The number of imide groups is 2. The van der Waals surface area contributed by atoms with Gasteiger partial charge in [0.15, 0.2) is 0 Å². The summed E-state index contributed by atoms with van der Waals surface area (Å²) in [6, 6.07) is 15.2. The Labute approximate surface area is 192 Å². The van der Waals surface area contributed by atoms with Crippen LogP contribution in [0.25, 0.3) is 11.8 Å². The number of benzene rings is 2. The zero-order valence-electron chi connectivity index (χ0n) is 16.6. The molecule has 1 aromatic heterocycles. The molecular weight excluding hydrogens is 482 g/mol. The normalized spacial score (nSPS) is 15.5. The Morgan fingerprint density at radius 2 is 1.68 bits per heavy atom. The number of hydrogen-bond acceptors (Lipinski definition) is 3. The molecule has 6 nitrogen and oxygen atoms in total. The molecule has 0 radical (unpaired) electrons. The summed E-state index contributed by atoms with van der Waals surface area (Å²) in [5.74, 6) is -1.44. The second-order valence-corrected chi connectivity index (χ2v) is 8.43. The predicted molar refractivity (Wildman–Crippen MR) is 123 cm³/mol. The highest BCUT2D eigenvalue weighted by atomic mass is 79.9. The third-order valence-corrected chi connectivity index (χ3v) is 5.79. The Hall–Kier alpha value is -3.16. The smallest absolute Gasteiger partial charge is 0.318 e. The first-order chi connectivity index (χ1) is 14.8. The number of hydrogen-bond donors (Lipinski definition) is 1. The van der Waals surface area contributed by atoms with E-state index in [-0.39, 0.29) is 11.3 Å². The molecule has 1 aliphatic rings. The maximum atomic E-state index is 13.1. The molecule has 1 fully saturated rings. The van der Waals surface area contributed by atoms with Gasteiger partial charge in [-0.15, -0.1) is 0 Å². The Balaban J connectivity index is 1.76. The van der Waals surface area contributed by atoms with Crippen LogP contribution in [0.15, 0.2) is 64.6 Å². The van der Waals surface area contributed by atoms with E-state index in [9.17, 15) is 14.4 Å². The molecule has 31 heavy (non-hydrogen) atoms. The first-order valence-corrected chi connectivity index (χ1v) is 10.6. The molecule has 0 bridgehead atoms. The first-order valence-electron chi connectivity index (χ1n) is 9.38. The lowest BCUT2D eigenvalue weighted by molar-refractivity contribution is -0.122. The summed E-state index contributed by atoms with van der Waals surface area (Å²) in [4.78, 5) is 38.8. The van der Waals surface area contributed by atoms with Gasteiger partial charge in [0.2, 0.25) is 0 Å². The molecule has 4 rings (SSSR count). The molecule has 1 saturated heterocycles. The van der Waals surface area contributed by atoms with Crippen LogP contribution in [-0.2, 0) is 9.59 Å². The van der Waals surface area contributed by atoms with Crippen LogP contribution in [0.2, 0.25) is 5.02 Å². The Morgan fingerprint density at radius 1 is 0.968 bits per heavy atom. The number of nitrogens with one attached hydrogen (secondary N) is 1. The molecule has 0 unspecified atom stereocenters. The van der Waals surface area contributed by atoms with E-state index in [1.54, 1.807) is 18.2 Å². The van der Waals surface area contributed by atoms with E-state index in [2.05, 4.69) is 21.2 Å². The van der Waals surface area contributed by atoms with Gasteiger partial charge in [0.25, 0.3) is 11.8 Å². The van der Waals surface area contributed by atoms with Crippen molar-refractivity contribution in [3.63, 3.8) is 0 Å². The Bertz CT molecular complexity index is 1260. The predicted octanol–water partition coefficient (Wildman–Crippen LogP) is 5.18. The summed E-state index contributed by atoms with van der Waals surface area (Å²) in [7, 11) is 0. The number of aryl methyl sites for hydroxylation is 1. The molecule has 8 heteroatoms. The van der Waals surface area contributed by atoms with E-state index in [1.165, 1.54) is 12.1 Å². The number of halogens is 2. The number of amides is 4. The SMILES string of the molecule is Cc1cc(/C=C2\C(=O)NC(=O)N(c3cccc(Cl)c3)C2=O)c(C)n1-c1ccc(Br)cc1. The fraction of sp³-hybridized carbons (Fsp3) is 0.0870. The van der Waals surface area contributed by atoms with Gasteiger partial charge >= 0.3 is 6.03 Å². The minimum absolute atomic E-state index is 0.129. The van der Waals surface area contributed by atoms with Crippen molar-refractivity contribution in [2.45, 2.75) is 13.8 Å². The highest BCUT2D eigenvalue weighted by Gasteiger charge is 2.37. The summed E-state index contributed by atoms with van der Waals surface area (Å²) in [5.41, 5.74) is 3.62. The fourth-order valence-corrected chi connectivity index (χ4v) is 4.03. The third kappa shape index (κ3) is 3.94. The third-order valence-electron chi connectivity index (χ3n) is 5.02. The van der Waals surface area contributed by atoms with Gasteiger partial charge in [-0.3, -0.25) is 14.9 Å². The van der Waals surface area contributed by atoms with Crippen molar-refractivity contribution in [3.05, 3.63) is 86.6 Å². The molecule has 0 aliphatic carbocycles. The van der Waals surface area contributed by atoms with Crippen LogP contribution in [0.4, 0.5) is 10.5 Å². The molecule has 2 heterocycles. The summed E-state index contributed by atoms with van der Waals surface area (Å²) in [6.45, 7) is 3.86. The highest BCUT2D eigenvalue weighted by molar-refractivity contribution is 9.10. The minimum Gasteiger partial charge on any atom is -0.318 e. The molecule has 2 aromatic carbocycles. The van der Waals surface area contributed by atoms with E-state index >= 15 is 0 Å². The lowest BCUT2D eigenvalue weighted by Crippen LogP contribution is -2.54. The number of anilines is 1. The van der Waals surface area contributed by atoms with Crippen molar-refractivity contribution in [2.24, 2.45) is 0 Å². The van der Waals surface area contributed by atoms with Gasteiger partial charge in [-0.05, 0) is 74.0 Å². The van der Waals surface area contributed by atoms with Crippen molar-refractivity contribution >= 4 is 57.1 Å². The summed E-state index contributed by atoms with van der Waals surface area (Å²) < 4.78 is 3.00. The summed E-state index contributed by atoms with van der Waals surface area (Å²) in [6.07, 6.45) is 1.51. The molecule has 156 valence electrons. The van der Waals surface area contributed by atoms with Gasteiger partial charge in [0.1, 0.15) is 5.57 Å². The van der Waals surface area contributed by atoms with Gasteiger partial charge in [-0.1, -0.05) is 33.6 Å². The summed E-state index contributed by atoms with van der Waals surface area (Å²) in [5, 5.41) is 2.60. The van der Waals surface area contributed by atoms with Crippen LogP contribution in [0.5, 0.6) is 0 Å². The number of carbonyl (C=O) groups is 3. The van der Waals surface area contributed by atoms with E-state index in [1.807, 2.05) is 48.7 Å². The van der Waals surface area contributed by atoms with E-state index in [4.69, 9.17) is 11.6 Å². The largest absolute Gasteiger partial charge is 0.335 e. The molecule has 4 amide bonds. The van der Waals surface area contributed by atoms with Crippen molar-refractivity contribution in [2.75, 3.05) is 4.90 Å². The zero-order chi connectivity index (χ0) is 22.3. The first kappa shape index (κ1) is 21.1. The maximum Gasteiger partial charge on any atom is 0.335 e. The highest BCUT2D eigenvalue weighted by Crippen LogP contribution is 2.27. The number of rotatable bonds is 3. The number of urea groups is 1. The summed E-state index contributed by atoms with van der Waals surface area (Å²) >= 11 is 9.44. The monoisotopic (exact) mass is 497 g/mol. The number of nitrogens with zero attached hydrogens (tertiary/aromatic N) is 2. The topological polar surface area (TPSA) is 71.4 Å².